The minimum absolute atomic E-state index is 0.0528. The number of carbonyl (C=O) groups excluding carboxylic acids is 1. The van der Waals surface area contributed by atoms with Gasteiger partial charge in [-0.25, -0.2) is 4.79 Å². The van der Waals surface area contributed by atoms with Gasteiger partial charge in [-0.1, -0.05) is 6.07 Å². The van der Waals surface area contributed by atoms with E-state index in [1.54, 1.807) is 12.1 Å². The number of fused-ring (bicyclic) bond motifs is 1. The highest BCUT2D eigenvalue weighted by molar-refractivity contribution is 6.00. The van der Waals surface area contributed by atoms with Gasteiger partial charge in [0.1, 0.15) is 12.2 Å². The quantitative estimate of drug-likeness (QED) is 0.757. The van der Waals surface area contributed by atoms with Crippen LogP contribution in [0.4, 0.5) is 5.69 Å². The van der Waals surface area contributed by atoms with Crippen LogP contribution in [-0.4, -0.2) is 36.7 Å². The molecule has 90 valence electrons. The first-order chi connectivity index (χ1) is 8.15. The number of para-hydroxylation sites is 1. The fourth-order valence-corrected chi connectivity index (χ4v) is 1.79. The van der Waals surface area contributed by atoms with E-state index in [1.807, 2.05) is 0 Å². The maximum absolute atomic E-state index is 11.6. The van der Waals surface area contributed by atoms with Crippen molar-refractivity contribution in [2.24, 2.45) is 5.73 Å². The third-order valence-electron chi connectivity index (χ3n) is 2.55. The van der Waals surface area contributed by atoms with Crippen molar-refractivity contribution in [3.8, 4) is 5.75 Å². The second-order valence-corrected chi connectivity index (χ2v) is 3.56. The van der Waals surface area contributed by atoms with Crippen molar-refractivity contribution < 1.29 is 19.4 Å². The van der Waals surface area contributed by atoms with Gasteiger partial charge in [0.25, 0.3) is 0 Å². The molecule has 0 aromatic heterocycles. The summed E-state index contributed by atoms with van der Waals surface area (Å²) in [4.78, 5) is 24.1. The monoisotopic (exact) mass is 236 g/mol. The second-order valence-electron chi connectivity index (χ2n) is 3.56. The molecule has 0 fully saturated rings. The number of amides is 1. The van der Waals surface area contributed by atoms with Gasteiger partial charge in [0.15, 0.2) is 5.75 Å². The highest BCUT2D eigenvalue weighted by Gasteiger charge is 2.26. The molecule has 0 atom stereocenters. The average molecular weight is 236 g/mol. The van der Waals surface area contributed by atoms with E-state index < -0.39 is 5.97 Å². The molecule has 6 nitrogen and oxygen atoms in total. The molecule has 0 saturated heterocycles. The van der Waals surface area contributed by atoms with Crippen LogP contribution < -0.4 is 15.4 Å². The number of nitrogens with two attached hydrogens (primary N) is 1. The fraction of sp³-hybridized carbons (Fsp3) is 0.273. The van der Waals surface area contributed by atoms with E-state index in [1.165, 1.54) is 11.0 Å². The van der Waals surface area contributed by atoms with Gasteiger partial charge >= 0.3 is 5.97 Å². The number of carbonyl (C=O) groups is 2. The van der Waals surface area contributed by atoms with Crippen LogP contribution in [0.3, 0.4) is 0 Å². The molecule has 0 radical (unpaired) electrons. The highest BCUT2D eigenvalue weighted by Crippen LogP contribution is 2.34. The third kappa shape index (κ3) is 1.94. The van der Waals surface area contributed by atoms with E-state index in [2.05, 4.69) is 0 Å². The third-order valence-corrected chi connectivity index (χ3v) is 2.55. The molecule has 1 aromatic carbocycles. The van der Waals surface area contributed by atoms with Crippen LogP contribution in [-0.2, 0) is 4.79 Å². The van der Waals surface area contributed by atoms with Gasteiger partial charge in [0.2, 0.25) is 5.91 Å². The Kier molecular flexibility index (Phi) is 2.97. The Morgan fingerprint density at radius 1 is 1.47 bits per heavy atom. The van der Waals surface area contributed by atoms with E-state index in [-0.39, 0.29) is 30.4 Å². The molecule has 0 bridgehead atoms. The number of hydrogen-bond acceptors (Lipinski definition) is 4. The van der Waals surface area contributed by atoms with Gasteiger partial charge in [-0.15, -0.1) is 0 Å². The Hall–Kier alpha value is -2.08. The van der Waals surface area contributed by atoms with Crippen LogP contribution >= 0.6 is 0 Å². The summed E-state index contributed by atoms with van der Waals surface area (Å²) in [5.74, 6) is -1.10. The molecule has 17 heavy (non-hydrogen) atoms. The van der Waals surface area contributed by atoms with Crippen molar-refractivity contribution in [3.63, 3.8) is 0 Å². The fourth-order valence-electron chi connectivity index (χ4n) is 1.79. The van der Waals surface area contributed by atoms with Crippen LogP contribution in [0.1, 0.15) is 10.4 Å². The maximum Gasteiger partial charge on any atom is 0.339 e. The van der Waals surface area contributed by atoms with E-state index >= 15 is 0 Å². The van der Waals surface area contributed by atoms with Crippen LogP contribution in [0, 0.1) is 0 Å². The predicted octanol–water partition coefficient (Wildman–Crippen LogP) is 0.0689. The smallest absolute Gasteiger partial charge is 0.339 e. The first-order valence-corrected chi connectivity index (χ1v) is 5.14. The number of aromatic carboxylic acids is 1. The summed E-state index contributed by atoms with van der Waals surface area (Å²) in [7, 11) is 0. The predicted molar refractivity (Wildman–Crippen MR) is 60.3 cm³/mol. The van der Waals surface area contributed by atoms with Gasteiger partial charge < -0.3 is 20.5 Å². The molecule has 1 aromatic rings. The first-order valence-electron chi connectivity index (χ1n) is 5.14. The number of rotatable bonds is 2. The Bertz CT molecular complexity index is 473. The molecule has 0 aliphatic carbocycles. The first kappa shape index (κ1) is 11.4. The molecule has 6 heteroatoms. The normalized spacial score (nSPS) is 13.8. The lowest BCUT2D eigenvalue weighted by molar-refractivity contribution is -0.117. The number of anilines is 1. The molecule has 3 N–H and O–H groups in total. The molecule has 1 amide bonds. The van der Waals surface area contributed by atoms with Crippen molar-refractivity contribution >= 4 is 17.6 Å². The standard InChI is InChI=1S/C11H12N2O4/c12-6-9(14)13-4-5-17-10-7(11(15)16)2-1-3-8(10)13/h1-3H,4-6,12H2,(H,15,16). The number of carboxylic acid groups (broad SMARTS) is 1. The van der Waals surface area contributed by atoms with Gasteiger partial charge in [0.05, 0.1) is 18.8 Å². The zero-order valence-electron chi connectivity index (χ0n) is 9.05. The summed E-state index contributed by atoms with van der Waals surface area (Å²) >= 11 is 0. The molecule has 2 rings (SSSR count). The molecule has 0 saturated carbocycles. The zero-order valence-corrected chi connectivity index (χ0v) is 9.05. The van der Waals surface area contributed by atoms with Crippen LogP contribution in [0.2, 0.25) is 0 Å². The number of carboxylic acids is 1. The molecular formula is C11H12N2O4. The lowest BCUT2D eigenvalue weighted by atomic mass is 10.1. The van der Waals surface area contributed by atoms with Crippen molar-refractivity contribution in [3.05, 3.63) is 23.8 Å². The largest absolute Gasteiger partial charge is 0.489 e. The van der Waals surface area contributed by atoms with E-state index in [0.29, 0.717) is 12.2 Å². The average Bonchev–Trinajstić information content (AvgIpc) is 2.36. The molecule has 0 unspecified atom stereocenters. The van der Waals surface area contributed by atoms with Gasteiger partial charge in [-0.05, 0) is 12.1 Å². The van der Waals surface area contributed by atoms with Crippen molar-refractivity contribution in [1.29, 1.82) is 0 Å². The number of ether oxygens (including phenoxy) is 1. The van der Waals surface area contributed by atoms with Gasteiger partial charge in [-0.2, -0.15) is 0 Å². The van der Waals surface area contributed by atoms with Gasteiger partial charge in [0, 0.05) is 0 Å². The van der Waals surface area contributed by atoms with E-state index in [0.717, 1.165) is 0 Å². The summed E-state index contributed by atoms with van der Waals surface area (Å²) in [6.07, 6.45) is 0. The van der Waals surface area contributed by atoms with Crippen LogP contribution in [0.15, 0.2) is 18.2 Å². The summed E-state index contributed by atoms with van der Waals surface area (Å²) in [5, 5.41) is 9.01. The highest BCUT2D eigenvalue weighted by atomic mass is 16.5. The Morgan fingerprint density at radius 3 is 2.88 bits per heavy atom. The topological polar surface area (TPSA) is 92.9 Å². The number of benzene rings is 1. The number of nitrogens with zero attached hydrogens (tertiary/aromatic N) is 1. The number of hydrogen-bond donors (Lipinski definition) is 2. The summed E-state index contributed by atoms with van der Waals surface area (Å²) in [5.41, 5.74) is 5.83. The van der Waals surface area contributed by atoms with Crippen molar-refractivity contribution in [2.45, 2.75) is 0 Å². The lowest BCUT2D eigenvalue weighted by Gasteiger charge is -2.29. The zero-order chi connectivity index (χ0) is 12.4. The van der Waals surface area contributed by atoms with E-state index in [4.69, 9.17) is 15.6 Å². The van der Waals surface area contributed by atoms with Crippen LogP contribution in [0.5, 0.6) is 5.75 Å². The van der Waals surface area contributed by atoms with Crippen LogP contribution in [0.25, 0.3) is 0 Å². The second kappa shape index (κ2) is 4.42. The minimum atomic E-state index is -1.08. The molecule has 1 aliphatic rings. The summed E-state index contributed by atoms with van der Waals surface area (Å²) < 4.78 is 5.33. The Morgan fingerprint density at radius 2 is 2.24 bits per heavy atom. The maximum atomic E-state index is 11.6. The SMILES string of the molecule is NCC(=O)N1CCOc2c(C(=O)O)cccc21. The van der Waals surface area contributed by atoms with Gasteiger partial charge in [-0.3, -0.25) is 4.79 Å². The van der Waals surface area contributed by atoms with Crippen molar-refractivity contribution in [1.82, 2.24) is 0 Å². The molecule has 1 heterocycles. The molecule has 0 spiro atoms. The summed E-state index contributed by atoms with van der Waals surface area (Å²) in [6, 6.07) is 4.67. The summed E-state index contributed by atoms with van der Waals surface area (Å²) in [6.45, 7) is 0.534. The van der Waals surface area contributed by atoms with Crippen molar-refractivity contribution in [2.75, 3.05) is 24.6 Å². The Balaban J connectivity index is 2.49. The lowest BCUT2D eigenvalue weighted by Crippen LogP contribution is -2.41. The molecular weight excluding hydrogens is 224 g/mol. The molecule has 1 aliphatic heterocycles. The minimum Gasteiger partial charge on any atom is -0.489 e. The Labute approximate surface area is 97.6 Å². The van der Waals surface area contributed by atoms with E-state index in [9.17, 15) is 9.59 Å².